The molecular weight excluding hydrogens is 256 g/mol. The first-order chi connectivity index (χ1) is 9.40. The van der Waals surface area contributed by atoms with Gasteiger partial charge >= 0.3 is 0 Å². The highest BCUT2D eigenvalue weighted by Crippen LogP contribution is 2.23. The molecule has 1 atom stereocenters. The van der Waals surface area contributed by atoms with Crippen LogP contribution in [0.5, 0.6) is 0 Å². The number of rotatable bonds is 5. The van der Waals surface area contributed by atoms with Gasteiger partial charge < -0.3 is 15.0 Å². The van der Waals surface area contributed by atoms with Crippen LogP contribution in [0.2, 0.25) is 0 Å². The average Bonchev–Trinajstić information content (AvgIpc) is 2.87. The van der Waals surface area contributed by atoms with E-state index < -0.39 is 5.54 Å². The largest absolute Gasteiger partial charge is 0.376 e. The monoisotopic (exact) mass is 276 g/mol. The van der Waals surface area contributed by atoms with E-state index in [2.05, 4.69) is 15.1 Å². The number of hydrogen-bond donors (Lipinski definition) is 1. The Hall–Kier alpha value is -1.79. The van der Waals surface area contributed by atoms with E-state index in [1.165, 1.54) is 0 Å². The lowest BCUT2D eigenvalue weighted by atomic mass is 10.1. The number of ether oxygens (including phenoxy) is 1. The molecule has 2 heterocycles. The maximum Gasteiger partial charge on any atom is 0.259 e. The molecule has 0 aromatic carbocycles. The highest BCUT2D eigenvalue weighted by Gasteiger charge is 2.29. The third-order valence-electron chi connectivity index (χ3n) is 2.89. The summed E-state index contributed by atoms with van der Waals surface area (Å²) in [5, 5.41) is 3.96. The van der Waals surface area contributed by atoms with Gasteiger partial charge in [0.2, 0.25) is 0 Å². The average molecular weight is 276 g/mol. The zero-order valence-corrected chi connectivity index (χ0v) is 12.3. The molecule has 20 heavy (non-hydrogen) atoms. The predicted octanol–water partition coefficient (Wildman–Crippen LogP) is 2.04. The third-order valence-corrected chi connectivity index (χ3v) is 2.89. The van der Waals surface area contributed by atoms with Crippen LogP contribution in [0.25, 0.3) is 11.5 Å². The van der Waals surface area contributed by atoms with Crippen LogP contribution in [0.15, 0.2) is 22.9 Å². The minimum absolute atomic E-state index is 0.102. The van der Waals surface area contributed by atoms with Crippen molar-refractivity contribution in [2.75, 3.05) is 6.61 Å². The van der Waals surface area contributed by atoms with Crippen molar-refractivity contribution in [3.05, 3.63) is 29.8 Å². The van der Waals surface area contributed by atoms with Crippen molar-refractivity contribution in [1.29, 1.82) is 0 Å². The van der Waals surface area contributed by atoms with Crippen molar-refractivity contribution in [3.63, 3.8) is 0 Å². The highest BCUT2D eigenvalue weighted by atomic mass is 16.5. The second-order valence-electron chi connectivity index (χ2n) is 5.34. The molecule has 6 nitrogen and oxygen atoms in total. The molecule has 0 spiro atoms. The van der Waals surface area contributed by atoms with E-state index in [0.29, 0.717) is 18.3 Å². The van der Waals surface area contributed by atoms with Gasteiger partial charge in [-0.25, -0.2) is 0 Å². The Morgan fingerprint density at radius 3 is 2.85 bits per heavy atom. The smallest absolute Gasteiger partial charge is 0.259 e. The van der Waals surface area contributed by atoms with Crippen molar-refractivity contribution in [3.8, 4) is 11.5 Å². The summed E-state index contributed by atoms with van der Waals surface area (Å²) in [5.41, 5.74) is 7.05. The van der Waals surface area contributed by atoms with E-state index in [1.54, 1.807) is 6.20 Å². The molecular formula is C14H20N4O2. The molecule has 2 N–H and O–H groups in total. The number of aryl methyl sites for hydroxylation is 1. The van der Waals surface area contributed by atoms with E-state index in [0.717, 1.165) is 11.3 Å². The van der Waals surface area contributed by atoms with Gasteiger partial charge in [-0.1, -0.05) is 5.16 Å². The molecule has 0 radical (unpaired) electrons. The molecule has 0 saturated carbocycles. The fourth-order valence-electron chi connectivity index (χ4n) is 1.68. The molecule has 0 fully saturated rings. The Morgan fingerprint density at radius 1 is 1.45 bits per heavy atom. The van der Waals surface area contributed by atoms with Crippen LogP contribution in [0.3, 0.4) is 0 Å². The first-order valence-electron chi connectivity index (χ1n) is 6.57. The number of aromatic nitrogens is 3. The van der Waals surface area contributed by atoms with Gasteiger partial charge in [0.1, 0.15) is 5.54 Å². The lowest BCUT2D eigenvalue weighted by Gasteiger charge is -2.21. The van der Waals surface area contributed by atoms with Crippen molar-refractivity contribution in [1.82, 2.24) is 15.1 Å². The fourth-order valence-corrected chi connectivity index (χ4v) is 1.68. The number of nitrogens with zero attached hydrogens (tertiary/aromatic N) is 3. The summed E-state index contributed by atoms with van der Waals surface area (Å²) in [5.74, 6) is 0.850. The summed E-state index contributed by atoms with van der Waals surface area (Å²) in [6, 6.07) is 3.72. The lowest BCUT2D eigenvalue weighted by Crippen LogP contribution is -2.40. The fraction of sp³-hybridized carbons (Fsp3) is 0.500. The Bertz CT molecular complexity index is 578. The number of nitrogens with two attached hydrogens (primary N) is 1. The van der Waals surface area contributed by atoms with E-state index in [9.17, 15) is 0 Å². The normalized spacial score (nSPS) is 14.5. The first-order valence-corrected chi connectivity index (χ1v) is 6.57. The minimum Gasteiger partial charge on any atom is -0.376 e. The topological polar surface area (TPSA) is 87.1 Å². The Kier molecular flexibility index (Phi) is 4.15. The Labute approximate surface area is 118 Å². The van der Waals surface area contributed by atoms with Gasteiger partial charge in [0.15, 0.2) is 5.82 Å². The summed E-state index contributed by atoms with van der Waals surface area (Å²) in [7, 11) is 0. The van der Waals surface area contributed by atoms with Crippen LogP contribution in [0.4, 0.5) is 0 Å². The van der Waals surface area contributed by atoms with Crippen LogP contribution in [0, 0.1) is 6.92 Å². The lowest BCUT2D eigenvalue weighted by molar-refractivity contribution is 0.0410. The first kappa shape index (κ1) is 14.6. The molecule has 1 unspecified atom stereocenters. The third kappa shape index (κ3) is 3.20. The summed E-state index contributed by atoms with van der Waals surface area (Å²) in [6.45, 7) is 7.95. The van der Waals surface area contributed by atoms with Crippen LogP contribution in [0.1, 0.15) is 32.3 Å². The van der Waals surface area contributed by atoms with Gasteiger partial charge in [-0.15, -0.1) is 0 Å². The SMILES string of the molecule is Cc1ncccc1-c1nc(C(C)(N)COC(C)C)no1. The standard InChI is InChI=1S/C14H20N4O2/c1-9(2)19-8-14(4,15)13-17-12(20-18-13)11-6-5-7-16-10(11)3/h5-7,9H,8,15H2,1-4H3. The maximum atomic E-state index is 6.19. The van der Waals surface area contributed by atoms with Gasteiger partial charge in [0, 0.05) is 11.9 Å². The Balaban J connectivity index is 2.22. The molecule has 0 bridgehead atoms. The van der Waals surface area contributed by atoms with Crippen molar-refractivity contribution < 1.29 is 9.26 Å². The van der Waals surface area contributed by atoms with E-state index in [1.807, 2.05) is 39.8 Å². The van der Waals surface area contributed by atoms with Crippen molar-refractivity contribution in [2.24, 2.45) is 5.73 Å². The van der Waals surface area contributed by atoms with Crippen molar-refractivity contribution in [2.45, 2.75) is 39.3 Å². The quantitative estimate of drug-likeness (QED) is 0.899. The summed E-state index contributed by atoms with van der Waals surface area (Å²) >= 11 is 0. The van der Waals surface area contributed by atoms with Crippen LogP contribution in [-0.4, -0.2) is 27.8 Å². The van der Waals surface area contributed by atoms with Crippen LogP contribution in [-0.2, 0) is 10.3 Å². The second kappa shape index (κ2) is 5.68. The maximum absolute atomic E-state index is 6.19. The zero-order chi connectivity index (χ0) is 14.8. The van der Waals surface area contributed by atoms with Gasteiger partial charge in [0.25, 0.3) is 5.89 Å². The molecule has 108 valence electrons. The van der Waals surface area contributed by atoms with Crippen LogP contribution >= 0.6 is 0 Å². The van der Waals surface area contributed by atoms with Gasteiger partial charge in [0.05, 0.1) is 18.3 Å². The van der Waals surface area contributed by atoms with Crippen molar-refractivity contribution >= 4 is 0 Å². The molecule has 0 aliphatic carbocycles. The Morgan fingerprint density at radius 2 is 2.20 bits per heavy atom. The second-order valence-corrected chi connectivity index (χ2v) is 5.34. The molecule has 0 aliphatic heterocycles. The molecule has 2 aromatic heterocycles. The van der Waals surface area contributed by atoms with Crippen LogP contribution < -0.4 is 5.73 Å². The highest BCUT2D eigenvalue weighted by molar-refractivity contribution is 5.55. The minimum atomic E-state index is -0.790. The summed E-state index contributed by atoms with van der Waals surface area (Å²) in [4.78, 5) is 8.57. The number of pyridine rings is 1. The zero-order valence-electron chi connectivity index (χ0n) is 12.3. The molecule has 0 amide bonds. The molecule has 6 heteroatoms. The van der Waals surface area contributed by atoms with Gasteiger partial charge in [-0.2, -0.15) is 4.98 Å². The van der Waals surface area contributed by atoms with E-state index in [-0.39, 0.29) is 6.10 Å². The molecule has 0 aliphatic rings. The molecule has 2 rings (SSSR count). The van der Waals surface area contributed by atoms with Gasteiger partial charge in [-0.05, 0) is 39.8 Å². The summed E-state index contributed by atoms with van der Waals surface area (Å²) in [6.07, 6.45) is 1.82. The molecule has 0 saturated heterocycles. The number of hydrogen-bond acceptors (Lipinski definition) is 6. The van der Waals surface area contributed by atoms with Gasteiger partial charge in [-0.3, -0.25) is 4.98 Å². The van der Waals surface area contributed by atoms with E-state index >= 15 is 0 Å². The summed E-state index contributed by atoms with van der Waals surface area (Å²) < 4.78 is 10.8. The van der Waals surface area contributed by atoms with E-state index in [4.69, 9.17) is 15.0 Å². The molecule has 2 aromatic rings. The predicted molar refractivity (Wildman–Crippen MR) is 74.9 cm³/mol.